The molecular formula is C29H37NO6. The first-order valence-corrected chi connectivity index (χ1v) is 12.6. The van der Waals surface area contributed by atoms with Gasteiger partial charge in [0.05, 0.1) is 19.1 Å². The lowest BCUT2D eigenvalue weighted by Gasteiger charge is -2.26. The summed E-state index contributed by atoms with van der Waals surface area (Å²) >= 11 is 0. The van der Waals surface area contributed by atoms with E-state index in [9.17, 15) is 14.4 Å². The van der Waals surface area contributed by atoms with Crippen LogP contribution in [0, 0.1) is 5.92 Å². The molecule has 0 radical (unpaired) electrons. The fraction of sp³-hybridized carbons (Fsp3) is 0.483. The van der Waals surface area contributed by atoms with Crippen LogP contribution in [0.3, 0.4) is 0 Å². The highest BCUT2D eigenvalue weighted by Crippen LogP contribution is 2.25. The zero-order chi connectivity index (χ0) is 26.0. The predicted molar refractivity (Wildman–Crippen MR) is 136 cm³/mol. The van der Waals surface area contributed by atoms with Crippen molar-refractivity contribution in [2.24, 2.45) is 5.92 Å². The van der Waals surface area contributed by atoms with Crippen LogP contribution in [0.2, 0.25) is 0 Å². The smallest absolute Gasteiger partial charge is 0.416 e. The van der Waals surface area contributed by atoms with Crippen LogP contribution in [0.15, 0.2) is 60.7 Å². The van der Waals surface area contributed by atoms with Gasteiger partial charge in [0.15, 0.2) is 0 Å². The van der Waals surface area contributed by atoms with E-state index in [0.29, 0.717) is 32.5 Å². The van der Waals surface area contributed by atoms with Gasteiger partial charge in [-0.3, -0.25) is 9.59 Å². The van der Waals surface area contributed by atoms with E-state index in [1.54, 1.807) is 20.8 Å². The molecule has 1 aliphatic rings. The molecule has 2 aromatic carbocycles. The summed E-state index contributed by atoms with van der Waals surface area (Å²) in [7, 11) is 0. The molecule has 2 amide bonds. The average molecular weight is 496 g/mol. The number of esters is 1. The number of amides is 2. The van der Waals surface area contributed by atoms with Crippen molar-refractivity contribution in [3.8, 4) is 0 Å². The number of imide groups is 1. The molecule has 194 valence electrons. The zero-order valence-corrected chi connectivity index (χ0v) is 21.5. The van der Waals surface area contributed by atoms with Crippen molar-refractivity contribution in [1.82, 2.24) is 4.90 Å². The van der Waals surface area contributed by atoms with Crippen LogP contribution in [0.5, 0.6) is 0 Å². The van der Waals surface area contributed by atoms with Gasteiger partial charge in [-0.05, 0) is 51.2 Å². The molecule has 3 rings (SSSR count). The monoisotopic (exact) mass is 495 g/mol. The summed E-state index contributed by atoms with van der Waals surface area (Å²) in [5, 5.41) is 0. The normalized spacial score (nSPS) is 16.5. The van der Waals surface area contributed by atoms with Gasteiger partial charge in [-0.15, -0.1) is 0 Å². The third-order valence-electron chi connectivity index (χ3n) is 5.90. The lowest BCUT2D eigenvalue weighted by atomic mass is 9.95. The lowest BCUT2D eigenvalue weighted by Crippen LogP contribution is -2.44. The van der Waals surface area contributed by atoms with Crippen LogP contribution in [-0.2, 0) is 36.8 Å². The second-order valence-corrected chi connectivity index (χ2v) is 10.2. The Labute approximate surface area is 213 Å². The highest BCUT2D eigenvalue weighted by molar-refractivity contribution is 5.96. The molecule has 1 saturated heterocycles. The number of nitrogens with zero attached hydrogens (tertiary/aromatic N) is 1. The Kier molecular flexibility index (Phi) is 10.1. The second-order valence-electron chi connectivity index (χ2n) is 10.2. The highest BCUT2D eigenvalue weighted by atomic mass is 16.6. The quantitative estimate of drug-likeness (QED) is 0.293. The van der Waals surface area contributed by atoms with Gasteiger partial charge < -0.3 is 14.2 Å². The Hall–Kier alpha value is -3.19. The molecule has 1 fully saturated rings. The van der Waals surface area contributed by atoms with Gasteiger partial charge >= 0.3 is 12.1 Å². The summed E-state index contributed by atoms with van der Waals surface area (Å²) in [6.45, 7) is 6.59. The molecule has 1 heterocycles. The Morgan fingerprint density at radius 3 is 2.28 bits per heavy atom. The average Bonchev–Trinajstić information content (AvgIpc) is 3.19. The number of ether oxygens (including phenoxy) is 3. The van der Waals surface area contributed by atoms with Gasteiger partial charge in [0.2, 0.25) is 5.91 Å². The first kappa shape index (κ1) is 27.4. The van der Waals surface area contributed by atoms with Crippen LogP contribution in [0.4, 0.5) is 4.79 Å². The van der Waals surface area contributed by atoms with Crippen LogP contribution in [0.1, 0.15) is 57.6 Å². The van der Waals surface area contributed by atoms with Crippen molar-refractivity contribution in [2.45, 2.75) is 71.1 Å². The summed E-state index contributed by atoms with van der Waals surface area (Å²) in [4.78, 5) is 39.9. The van der Waals surface area contributed by atoms with E-state index < -0.39 is 29.6 Å². The molecule has 0 unspecified atom stereocenters. The zero-order valence-electron chi connectivity index (χ0n) is 21.5. The summed E-state index contributed by atoms with van der Waals surface area (Å²) in [5.41, 5.74) is 1.46. The topological polar surface area (TPSA) is 82.1 Å². The van der Waals surface area contributed by atoms with E-state index in [2.05, 4.69) is 0 Å². The molecule has 0 N–H and O–H groups in total. The molecule has 7 heteroatoms. The van der Waals surface area contributed by atoms with E-state index in [4.69, 9.17) is 14.2 Å². The van der Waals surface area contributed by atoms with Crippen molar-refractivity contribution in [3.63, 3.8) is 0 Å². The molecule has 1 aliphatic heterocycles. The second kappa shape index (κ2) is 13.2. The van der Waals surface area contributed by atoms with Crippen molar-refractivity contribution in [1.29, 1.82) is 0 Å². The van der Waals surface area contributed by atoms with E-state index in [1.807, 2.05) is 60.7 Å². The molecule has 0 spiro atoms. The van der Waals surface area contributed by atoms with E-state index in [0.717, 1.165) is 17.5 Å². The van der Waals surface area contributed by atoms with Crippen LogP contribution >= 0.6 is 0 Å². The summed E-state index contributed by atoms with van der Waals surface area (Å²) in [6, 6.07) is 19.2. The maximum absolute atomic E-state index is 13.5. The number of carbonyl (C=O) groups is 3. The number of hydrogen-bond donors (Lipinski definition) is 0. The Morgan fingerprint density at radius 1 is 1.00 bits per heavy atom. The Balaban J connectivity index is 1.60. The van der Waals surface area contributed by atoms with Gasteiger partial charge in [-0.1, -0.05) is 67.1 Å². The highest BCUT2D eigenvalue weighted by Gasteiger charge is 2.41. The molecular weight excluding hydrogens is 458 g/mol. The molecule has 2 atom stereocenters. The first-order valence-electron chi connectivity index (χ1n) is 12.6. The summed E-state index contributed by atoms with van der Waals surface area (Å²) in [5.74, 6) is -1.50. The van der Waals surface area contributed by atoms with Gasteiger partial charge in [-0.2, -0.15) is 0 Å². The van der Waals surface area contributed by atoms with Crippen molar-refractivity contribution in [2.75, 3.05) is 13.2 Å². The molecule has 0 aromatic heterocycles. The molecule has 0 bridgehead atoms. The first-order chi connectivity index (χ1) is 17.2. The number of rotatable bonds is 12. The molecule has 0 aliphatic carbocycles. The number of unbranched alkanes of at least 4 members (excludes halogenated alkanes) is 1. The van der Waals surface area contributed by atoms with Crippen molar-refractivity contribution >= 4 is 18.0 Å². The van der Waals surface area contributed by atoms with E-state index in [-0.39, 0.29) is 18.9 Å². The number of carbonyl (C=O) groups excluding carboxylic acids is 3. The van der Waals surface area contributed by atoms with Gasteiger partial charge in [0.1, 0.15) is 12.2 Å². The van der Waals surface area contributed by atoms with Gasteiger partial charge in [0.25, 0.3) is 0 Å². The third kappa shape index (κ3) is 8.79. The Morgan fingerprint density at radius 2 is 1.64 bits per heavy atom. The maximum atomic E-state index is 13.5. The summed E-state index contributed by atoms with van der Waals surface area (Å²) in [6.07, 6.45) is 1.65. The van der Waals surface area contributed by atoms with Crippen LogP contribution < -0.4 is 0 Å². The fourth-order valence-electron chi connectivity index (χ4n) is 4.22. The molecule has 36 heavy (non-hydrogen) atoms. The van der Waals surface area contributed by atoms with Crippen molar-refractivity contribution < 1.29 is 28.6 Å². The standard InChI is InChI=1S/C29H37NO6/c1-29(2,3)36-26(31)19-24(16-10-11-17-34-20-23-14-8-5-9-15-23)27(32)30-25(21-35-28(30)33)18-22-12-6-4-7-13-22/h4-9,12-15,24-25H,10-11,16-21H2,1-3H3/t24-,25+/m1/s1. The minimum Gasteiger partial charge on any atom is -0.460 e. The largest absolute Gasteiger partial charge is 0.460 e. The third-order valence-corrected chi connectivity index (χ3v) is 5.90. The van der Waals surface area contributed by atoms with Crippen molar-refractivity contribution in [3.05, 3.63) is 71.8 Å². The molecule has 0 saturated carbocycles. The van der Waals surface area contributed by atoms with Crippen LogP contribution in [-0.4, -0.2) is 47.7 Å². The number of benzene rings is 2. The Bertz CT molecular complexity index is 986. The molecule has 7 nitrogen and oxygen atoms in total. The van der Waals surface area contributed by atoms with E-state index in [1.165, 1.54) is 4.90 Å². The van der Waals surface area contributed by atoms with Gasteiger partial charge in [-0.25, -0.2) is 9.69 Å². The van der Waals surface area contributed by atoms with Crippen LogP contribution in [0.25, 0.3) is 0 Å². The predicted octanol–water partition coefficient (Wildman–Crippen LogP) is 5.31. The van der Waals surface area contributed by atoms with E-state index >= 15 is 0 Å². The fourth-order valence-corrected chi connectivity index (χ4v) is 4.22. The number of cyclic esters (lactones) is 1. The maximum Gasteiger partial charge on any atom is 0.416 e. The SMILES string of the molecule is CC(C)(C)OC(=O)C[C@@H](CCCCOCc1ccccc1)C(=O)N1C(=O)OC[C@@H]1Cc1ccccc1. The molecule has 2 aromatic rings. The number of hydrogen-bond acceptors (Lipinski definition) is 6. The lowest BCUT2D eigenvalue weighted by molar-refractivity contribution is -0.158. The minimum absolute atomic E-state index is 0.0805. The van der Waals surface area contributed by atoms with Gasteiger partial charge in [0, 0.05) is 12.5 Å². The minimum atomic E-state index is -0.669. The summed E-state index contributed by atoms with van der Waals surface area (Å²) < 4.78 is 16.5.